The number of tetrazole rings is 1. The van der Waals surface area contributed by atoms with Crippen LogP contribution in [0, 0.1) is 6.92 Å². The molecule has 3 rings (SSSR count). The maximum Gasteiger partial charge on any atom is 0.221 e. The minimum Gasteiger partial charge on any atom is -0.378 e. The number of aryl methyl sites for hydroxylation is 1. The van der Waals surface area contributed by atoms with Crippen molar-refractivity contribution in [2.45, 2.75) is 16.4 Å². The summed E-state index contributed by atoms with van der Waals surface area (Å²) in [5.74, 6) is 0. The van der Waals surface area contributed by atoms with Crippen LogP contribution in [0.4, 0.5) is 5.69 Å². The molecule has 1 aromatic carbocycles. The fourth-order valence-electron chi connectivity index (χ4n) is 1.75. The monoisotopic (exact) mass is 318 g/mol. The van der Waals surface area contributed by atoms with Crippen molar-refractivity contribution in [2.24, 2.45) is 0 Å². The van der Waals surface area contributed by atoms with Crippen LogP contribution in [0.3, 0.4) is 0 Å². The number of nitrogens with zero attached hydrogens (tertiary/aromatic N) is 6. The lowest BCUT2D eigenvalue weighted by atomic mass is 10.3. The number of hydrogen-bond donors (Lipinski definition) is 0. The van der Waals surface area contributed by atoms with E-state index in [1.165, 1.54) is 11.8 Å². The molecule has 0 saturated carbocycles. The van der Waals surface area contributed by atoms with Crippen LogP contribution in [0.15, 0.2) is 39.1 Å². The predicted molar refractivity (Wildman–Crippen MR) is 84.5 cm³/mol. The van der Waals surface area contributed by atoms with Gasteiger partial charge in [0.2, 0.25) is 5.16 Å². The molecule has 6 nitrogen and oxygen atoms in total. The molecule has 0 spiro atoms. The number of anilines is 1. The SMILES string of the molecule is Cc1csc(Sc2nnnn2-c2ccc(N(C)C)cc2)n1. The van der Waals surface area contributed by atoms with Gasteiger partial charge in [0.25, 0.3) is 0 Å². The lowest BCUT2D eigenvalue weighted by molar-refractivity contribution is 0.756. The molecular formula is C13H14N6S2. The van der Waals surface area contributed by atoms with Gasteiger partial charge in [-0.1, -0.05) is 0 Å². The van der Waals surface area contributed by atoms with Gasteiger partial charge < -0.3 is 4.90 Å². The fourth-order valence-corrected chi connectivity index (χ4v) is 3.49. The average Bonchev–Trinajstić information content (AvgIpc) is 3.09. The van der Waals surface area contributed by atoms with Gasteiger partial charge in [0.1, 0.15) is 0 Å². The second kappa shape index (κ2) is 5.82. The lowest BCUT2D eigenvalue weighted by Gasteiger charge is -2.12. The third-order valence-corrected chi connectivity index (χ3v) is 4.82. The Morgan fingerprint density at radius 2 is 1.95 bits per heavy atom. The third-order valence-electron chi connectivity index (χ3n) is 2.83. The normalized spacial score (nSPS) is 10.8. The summed E-state index contributed by atoms with van der Waals surface area (Å²) in [4.78, 5) is 6.48. The molecule has 3 aromatic rings. The summed E-state index contributed by atoms with van der Waals surface area (Å²) in [5.41, 5.74) is 3.08. The van der Waals surface area contributed by atoms with Crippen molar-refractivity contribution in [3.63, 3.8) is 0 Å². The van der Waals surface area contributed by atoms with Gasteiger partial charge in [0.05, 0.1) is 5.69 Å². The van der Waals surface area contributed by atoms with E-state index in [1.54, 1.807) is 16.0 Å². The maximum absolute atomic E-state index is 4.42. The van der Waals surface area contributed by atoms with Crippen LogP contribution < -0.4 is 4.90 Å². The summed E-state index contributed by atoms with van der Waals surface area (Å²) in [7, 11) is 4.02. The van der Waals surface area contributed by atoms with Crippen LogP contribution >= 0.6 is 23.1 Å². The molecule has 0 N–H and O–H groups in total. The van der Waals surface area contributed by atoms with E-state index in [4.69, 9.17) is 0 Å². The zero-order valence-corrected chi connectivity index (χ0v) is 13.5. The van der Waals surface area contributed by atoms with E-state index >= 15 is 0 Å². The van der Waals surface area contributed by atoms with Gasteiger partial charge in [-0.2, -0.15) is 4.68 Å². The molecule has 0 aliphatic rings. The molecule has 0 aliphatic carbocycles. The Morgan fingerprint density at radius 1 is 1.19 bits per heavy atom. The summed E-state index contributed by atoms with van der Waals surface area (Å²) in [5, 5.41) is 14.6. The average molecular weight is 318 g/mol. The van der Waals surface area contributed by atoms with Crippen molar-refractivity contribution in [1.82, 2.24) is 25.2 Å². The van der Waals surface area contributed by atoms with Gasteiger partial charge >= 0.3 is 0 Å². The Balaban J connectivity index is 1.87. The van der Waals surface area contributed by atoms with Gasteiger partial charge in [-0.15, -0.1) is 16.4 Å². The van der Waals surface area contributed by atoms with E-state index < -0.39 is 0 Å². The summed E-state index contributed by atoms with van der Waals surface area (Å²) < 4.78 is 2.66. The molecule has 0 saturated heterocycles. The van der Waals surface area contributed by atoms with Crippen molar-refractivity contribution >= 4 is 28.8 Å². The minimum absolute atomic E-state index is 0.710. The molecule has 0 unspecified atom stereocenters. The topological polar surface area (TPSA) is 59.7 Å². The van der Waals surface area contributed by atoms with Gasteiger partial charge in [0.15, 0.2) is 4.34 Å². The molecule has 0 aliphatic heterocycles. The molecule has 108 valence electrons. The van der Waals surface area contributed by atoms with Crippen LogP contribution in [0.25, 0.3) is 5.69 Å². The zero-order valence-electron chi connectivity index (χ0n) is 11.9. The summed E-state index contributed by atoms with van der Waals surface area (Å²) >= 11 is 3.07. The number of rotatable bonds is 4. The minimum atomic E-state index is 0.710. The smallest absolute Gasteiger partial charge is 0.221 e. The van der Waals surface area contributed by atoms with Crippen molar-refractivity contribution < 1.29 is 0 Å². The van der Waals surface area contributed by atoms with E-state index in [9.17, 15) is 0 Å². The highest BCUT2D eigenvalue weighted by atomic mass is 32.2. The molecule has 0 bridgehead atoms. The molecule has 0 amide bonds. The highest BCUT2D eigenvalue weighted by Gasteiger charge is 2.12. The first-order valence-corrected chi connectivity index (χ1v) is 7.99. The van der Waals surface area contributed by atoms with Crippen molar-refractivity contribution in [2.75, 3.05) is 19.0 Å². The molecule has 0 fully saturated rings. The number of aromatic nitrogens is 5. The number of benzene rings is 1. The number of hydrogen-bond acceptors (Lipinski definition) is 7. The van der Waals surface area contributed by atoms with E-state index in [2.05, 4.69) is 25.4 Å². The molecular weight excluding hydrogens is 304 g/mol. The molecule has 0 atom stereocenters. The Morgan fingerprint density at radius 3 is 2.57 bits per heavy atom. The lowest BCUT2D eigenvalue weighted by Crippen LogP contribution is -2.08. The van der Waals surface area contributed by atoms with Crippen molar-refractivity contribution in [3.8, 4) is 5.69 Å². The van der Waals surface area contributed by atoms with Gasteiger partial charge in [-0.3, -0.25) is 0 Å². The number of thiazole rings is 1. The summed E-state index contributed by atoms with van der Waals surface area (Å²) in [6, 6.07) is 8.09. The molecule has 0 radical (unpaired) electrons. The van der Waals surface area contributed by atoms with Crippen LogP contribution in [0.1, 0.15) is 5.69 Å². The van der Waals surface area contributed by atoms with Gasteiger partial charge in [0, 0.05) is 30.9 Å². The van der Waals surface area contributed by atoms with Gasteiger partial charge in [-0.05, 0) is 53.4 Å². The quantitative estimate of drug-likeness (QED) is 0.737. The largest absolute Gasteiger partial charge is 0.378 e. The first kappa shape index (κ1) is 14.0. The standard InChI is InChI=1S/C13H14N6S2/c1-9-8-20-13(14-9)21-12-15-16-17-19(12)11-6-4-10(5-7-11)18(2)3/h4-8H,1-3H3. The second-order valence-corrected chi connectivity index (χ2v) is 6.71. The zero-order chi connectivity index (χ0) is 14.8. The first-order chi connectivity index (χ1) is 10.1. The molecule has 8 heteroatoms. The first-order valence-electron chi connectivity index (χ1n) is 6.29. The van der Waals surface area contributed by atoms with Crippen LogP contribution in [0.2, 0.25) is 0 Å². The highest BCUT2D eigenvalue weighted by Crippen LogP contribution is 2.29. The molecule has 2 heterocycles. The molecule has 21 heavy (non-hydrogen) atoms. The summed E-state index contributed by atoms with van der Waals surface area (Å²) in [6.45, 7) is 1.98. The maximum atomic E-state index is 4.42. The van der Waals surface area contributed by atoms with Gasteiger partial charge in [-0.25, -0.2) is 4.98 Å². The van der Waals surface area contributed by atoms with Crippen LogP contribution in [-0.2, 0) is 0 Å². The molecule has 2 aromatic heterocycles. The predicted octanol–water partition coefficient (Wildman–Crippen LogP) is 2.64. The second-order valence-electron chi connectivity index (χ2n) is 4.64. The summed E-state index contributed by atoms with van der Waals surface area (Å²) in [6.07, 6.45) is 0. The van der Waals surface area contributed by atoms with Crippen molar-refractivity contribution in [3.05, 3.63) is 35.3 Å². The van der Waals surface area contributed by atoms with Crippen molar-refractivity contribution in [1.29, 1.82) is 0 Å². The Labute approximate surface area is 130 Å². The fraction of sp³-hybridized carbons (Fsp3) is 0.231. The van der Waals surface area contributed by atoms with E-state index in [0.717, 1.165) is 21.4 Å². The van der Waals surface area contributed by atoms with Crippen LogP contribution in [0.5, 0.6) is 0 Å². The van der Waals surface area contributed by atoms with E-state index in [-0.39, 0.29) is 0 Å². The Kier molecular flexibility index (Phi) is 3.89. The van der Waals surface area contributed by atoms with E-state index in [1.807, 2.05) is 50.7 Å². The van der Waals surface area contributed by atoms with E-state index in [0.29, 0.717) is 5.16 Å². The Hall–Kier alpha value is -1.93. The Bertz CT molecular complexity index is 731. The third kappa shape index (κ3) is 3.06. The van der Waals surface area contributed by atoms with Crippen LogP contribution in [-0.4, -0.2) is 39.3 Å². The highest BCUT2D eigenvalue weighted by molar-refractivity contribution is 8.00.